The van der Waals surface area contributed by atoms with E-state index in [2.05, 4.69) is 10.6 Å². The van der Waals surface area contributed by atoms with Crippen LogP contribution < -0.4 is 10.6 Å². The van der Waals surface area contributed by atoms with E-state index in [0.29, 0.717) is 23.8 Å². The first-order valence-corrected chi connectivity index (χ1v) is 11.2. The second kappa shape index (κ2) is 9.49. The summed E-state index contributed by atoms with van der Waals surface area (Å²) in [5.74, 6) is -0.407. The second-order valence-electron chi connectivity index (χ2n) is 6.43. The number of halogens is 1. The highest BCUT2D eigenvalue weighted by Gasteiger charge is 2.26. The first-order chi connectivity index (χ1) is 13.9. The Morgan fingerprint density at radius 1 is 1.07 bits per heavy atom. The molecule has 2 N–H and O–H groups in total. The number of amides is 1. The van der Waals surface area contributed by atoms with Crippen LogP contribution in [0.4, 0.5) is 5.69 Å². The number of nitrogens with one attached hydrogen (secondary N) is 2. The molecule has 1 fully saturated rings. The van der Waals surface area contributed by atoms with Crippen LogP contribution in [0.1, 0.15) is 18.4 Å². The van der Waals surface area contributed by atoms with E-state index >= 15 is 0 Å². The maximum atomic E-state index is 12.5. The number of sulfonamides is 1. The van der Waals surface area contributed by atoms with Gasteiger partial charge in [-0.2, -0.15) is 4.31 Å². The molecule has 0 bridgehead atoms. The molecule has 1 aliphatic heterocycles. The Hall–Kier alpha value is -2.26. The second-order valence-corrected chi connectivity index (χ2v) is 9.19. The molecule has 152 valence electrons. The van der Waals surface area contributed by atoms with E-state index in [-0.39, 0.29) is 10.0 Å². The summed E-state index contributed by atoms with van der Waals surface area (Å²) < 4.78 is 26.6. The number of rotatable bonds is 5. The molecule has 9 heteroatoms. The van der Waals surface area contributed by atoms with E-state index in [1.807, 2.05) is 6.07 Å². The first kappa shape index (κ1) is 21.4. The zero-order valence-corrected chi connectivity index (χ0v) is 17.9. The topological polar surface area (TPSA) is 78.5 Å². The van der Waals surface area contributed by atoms with Gasteiger partial charge in [0.2, 0.25) is 15.9 Å². The fourth-order valence-corrected chi connectivity index (χ4v) is 4.81. The van der Waals surface area contributed by atoms with Gasteiger partial charge >= 0.3 is 0 Å². The van der Waals surface area contributed by atoms with Gasteiger partial charge in [-0.3, -0.25) is 10.1 Å². The zero-order valence-electron chi connectivity index (χ0n) is 15.5. The fourth-order valence-electron chi connectivity index (χ4n) is 2.88. The lowest BCUT2D eigenvalue weighted by atomic mass is 10.2. The van der Waals surface area contributed by atoms with Crippen molar-refractivity contribution < 1.29 is 13.2 Å². The molecule has 0 atom stereocenters. The number of hydrogen-bond acceptors (Lipinski definition) is 4. The van der Waals surface area contributed by atoms with E-state index in [1.165, 1.54) is 22.5 Å². The molecular formula is C20H20ClN3O3S2. The number of anilines is 1. The summed E-state index contributed by atoms with van der Waals surface area (Å²) in [6, 6.07) is 13.4. The molecule has 0 radical (unpaired) electrons. The Labute approximate surface area is 180 Å². The van der Waals surface area contributed by atoms with Gasteiger partial charge in [0.15, 0.2) is 5.11 Å². The SMILES string of the molecule is O=C(C=Cc1ccccc1Cl)NC(=S)Nc1ccc(S(=O)(=O)N2CCCC2)cc1. The van der Waals surface area contributed by atoms with Crippen molar-refractivity contribution in [2.45, 2.75) is 17.7 Å². The number of hydrogen-bond donors (Lipinski definition) is 2. The van der Waals surface area contributed by atoms with Gasteiger partial charge in [-0.05, 0) is 67.0 Å². The van der Waals surface area contributed by atoms with Gasteiger partial charge in [-0.1, -0.05) is 29.8 Å². The first-order valence-electron chi connectivity index (χ1n) is 9.01. The third-order valence-electron chi connectivity index (χ3n) is 4.37. The molecule has 0 aliphatic carbocycles. The Bertz CT molecular complexity index is 1030. The highest BCUT2D eigenvalue weighted by Crippen LogP contribution is 2.22. The minimum absolute atomic E-state index is 0.106. The lowest BCUT2D eigenvalue weighted by Gasteiger charge is -2.16. The predicted molar refractivity (Wildman–Crippen MR) is 119 cm³/mol. The van der Waals surface area contributed by atoms with Crippen molar-refractivity contribution >= 4 is 56.6 Å². The van der Waals surface area contributed by atoms with Crippen molar-refractivity contribution in [2.75, 3.05) is 18.4 Å². The fraction of sp³-hybridized carbons (Fsp3) is 0.200. The highest BCUT2D eigenvalue weighted by molar-refractivity contribution is 7.89. The summed E-state index contributed by atoms with van der Waals surface area (Å²) in [4.78, 5) is 12.2. The summed E-state index contributed by atoms with van der Waals surface area (Å²) in [5.41, 5.74) is 1.30. The number of carbonyl (C=O) groups is 1. The number of benzene rings is 2. The van der Waals surface area contributed by atoms with Crippen LogP contribution in [0.25, 0.3) is 6.08 Å². The molecule has 2 aromatic rings. The molecule has 0 aromatic heterocycles. The van der Waals surface area contributed by atoms with Crippen LogP contribution in [0.3, 0.4) is 0 Å². The monoisotopic (exact) mass is 449 g/mol. The average Bonchev–Trinajstić information content (AvgIpc) is 3.23. The molecule has 1 amide bonds. The standard InChI is InChI=1S/C20H20ClN3O3S2/c21-18-6-2-1-5-15(18)7-12-19(25)23-20(28)22-16-8-10-17(11-9-16)29(26,27)24-13-3-4-14-24/h1-2,5-12H,3-4,13-14H2,(H2,22,23,25,28). The van der Waals surface area contributed by atoms with Gasteiger partial charge in [-0.15, -0.1) is 0 Å². The van der Waals surface area contributed by atoms with Gasteiger partial charge < -0.3 is 5.32 Å². The van der Waals surface area contributed by atoms with Crippen LogP contribution in [0.15, 0.2) is 59.5 Å². The molecule has 2 aromatic carbocycles. The largest absolute Gasteiger partial charge is 0.332 e. The summed E-state index contributed by atoms with van der Waals surface area (Å²) in [6.07, 6.45) is 4.70. The third-order valence-corrected chi connectivity index (χ3v) is 6.83. The van der Waals surface area contributed by atoms with Crippen molar-refractivity contribution in [1.82, 2.24) is 9.62 Å². The zero-order chi connectivity index (χ0) is 20.9. The van der Waals surface area contributed by atoms with Crippen molar-refractivity contribution in [3.63, 3.8) is 0 Å². The summed E-state index contributed by atoms with van der Waals surface area (Å²) >= 11 is 11.2. The summed E-state index contributed by atoms with van der Waals surface area (Å²) in [5, 5.41) is 6.04. The molecule has 29 heavy (non-hydrogen) atoms. The minimum atomic E-state index is -3.46. The maximum absolute atomic E-state index is 12.5. The molecule has 1 aliphatic rings. The number of carbonyl (C=O) groups excluding carboxylic acids is 1. The molecule has 0 spiro atoms. The Balaban J connectivity index is 1.56. The van der Waals surface area contributed by atoms with Gasteiger partial charge in [0.1, 0.15) is 0 Å². The van der Waals surface area contributed by atoms with E-state index in [4.69, 9.17) is 23.8 Å². The summed E-state index contributed by atoms with van der Waals surface area (Å²) in [7, 11) is -3.46. The number of nitrogens with zero attached hydrogens (tertiary/aromatic N) is 1. The molecule has 1 heterocycles. The molecule has 0 unspecified atom stereocenters. The predicted octanol–water partition coefficient (Wildman–Crippen LogP) is 3.65. The van der Waals surface area contributed by atoms with Gasteiger partial charge in [-0.25, -0.2) is 8.42 Å². The van der Waals surface area contributed by atoms with Crippen LogP contribution in [0.2, 0.25) is 5.02 Å². The van der Waals surface area contributed by atoms with E-state index in [0.717, 1.165) is 18.4 Å². The van der Waals surface area contributed by atoms with E-state index < -0.39 is 15.9 Å². The lowest BCUT2D eigenvalue weighted by Crippen LogP contribution is -2.32. The van der Waals surface area contributed by atoms with Gasteiger partial charge in [0, 0.05) is 29.9 Å². The van der Waals surface area contributed by atoms with Crippen molar-refractivity contribution in [3.05, 3.63) is 65.2 Å². The quantitative estimate of drug-likeness (QED) is 0.538. The minimum Gasteiger partial charge on any atom is -0.332 e. The average molecular weight is 450 g/mol. The van der Waals surface area contributed by atoms with E-state index in [1.54, 1.807) is 36.4 Å². The van der Waals surface area contributed by atoms with Crippen LogP contribution in [-0.4, -0.2) is 36.8 Å². The van der Waals surface area contributed by atoms with Crippen molar-refractivity contribution in [3.8, 4) is 0 Å². The summed E-state index contributed by atoms with van der Waals surface area (Å²) in [6.45, 7) is 1.11. The Kier molecular flexibility index (Phi) is 7.02. The highest BCUT2D eigenvalue weighted by atomic mass is 35.5. The van der Waals surface area contributed by atoms with Crippen LogP contribution in [-0.2, 0) is 14.8 Å². The number of thiocarbonyl (C=S) groups is 1. The molecule has 6 nitrogen and oxygen atoms in total. The van der Waals surface area contributed by atoms with Gasteiger partial charge in [0.05, 0.1) is 4.90 Å². The smallest absolute Gasteiger partial charge is 0.250 e. The van der Waals surface area contributed by atoms with Crippen molar-refractivity contribution in [1.29, 1.82) is 0 Å². The molecule has 3 rings (SSSR count). The van der Waals surface area contributed by atoms with Crippen LogP contribution in [0, 0.1) is 0 Å². The lowest BCUT2D eigenvalue weighted by molar-refractivity contribution is -0.115. The Morgan fingerprint density at radius 3 is 2.38 bits per heavy atom. The van der Waals surface area contributed by atoms with Crippen LogP contribution in [0.5, 0.6) is 0 Å². The van der Waals surface area contributed by atoms with E-state index in [9.17, 15) is 13.2 Å². The van der Waals surface area contributed by atoms with Gasteiger partial charge in [0.25, 0.3) is 0 Å². The third kappa shape index (κ3) is 5.63. The Morgan fingerprint density at radius 2 is 1.72 bits per heavy atom. The van der Waals surface area contributed by atoms with Crippen LogP contribution >= 0.6 is 23.8 Å². The van der Waals surface area contributed by atoms with Crippen molar-refractivity contribution in [2.24, 2.45) is 0 Å². The molecule has 1 saturated heterocycles. The molecular weight excluding hydrogens is 430 g/mol. The normalized spacial score (nSPS) is 14.8. The maximum Gasteiger partial charge on any atom is 0.250 e. The molecule has 0 saturated carbocycles.